The number of ether oxygens (including phenoxy) is 1. The van der Waals surface area contributed by atoms with Crippen LogP contribution in [0.15, 0.2) is 42.5 Å². The van der Waals surface area contributed by atoms with Gasteiger partial charge in [-0.15, -0.1) is 0 Å². The highest BCUT2D eigenvalue weighted by molar-refractivity contribution is 5.76. The van der Waals surface area contributed by atoms with Gasteiger partial charge in [0.15, 0.2) is 17.2 Å². The van der Waals surface area contributed by atoms with Gasteiger partial charge in [-0.1, -0.05) is 6.07 Å². The summed E-state index contributed by atoms with van der Waals surface area (Å²) in [6, 6.07) is 9.57. The zero-order chi connectivity index (χ0) is 22.8. The number of rotatable bonds is 6. The number of hydrogen-bond acceptors (Lipinski definition) is 4. The van der Waals surface area contributed by atoms with Gasteiger partial charge in [-0.25, -0.2) is 9.18 Å². The van der Waals surface area contributed by atoms with E-state index >= 15 is 0 Å². The molecule has 0 radical (unpaired) electrons. The van der Waals surface area contributed by atoms with E-state index in [2.05, 4.69) is 4.90 Å². The number of hydrogen-bond donors (Lipinski definition) is 1. The van der Waals surface area contributed by atoms with E-state index in [4.69, 9.17) is 9.84 Å². The molecule has 1 heterocycles. The van der Waals surface area contributed by atoms with E-state index < -0.39 is 29.1 Å². The third-order valence-corrected chi connectivity index (χ3v) is 5.21. The van der Waals surface area contributed by atoms with Crippen molar-refractivity contribution in [3.05, 3.63) is 59.4 Å². The molecule has 9 heteroatoms. The summed E-state index contributed by atoms with van der Waals surface area (Å²) < 4.78 is 57.8. The van der Waals surface area contributed by atoms with Crippen LogP contribution in [-0.2, 0) is 17.5 Å². The Hall–Kier alpha value is -2.81. The number of anilines is 1. The van der Waals surface area contributed by atoms with Gasteiger partial charge in [-0.3, -0.25) is 4.90 Å². The third kappa shape index (κ3) is 5.66. The smallest absolute Gasteiger partial charge is 0.416 e. The lowest BCUT2D eigenvalue weighted by atomic mass is 10.1. The number of nitrogens with zero attached hydrogens (tertiary/aromatic N) is 2. The van der Waals surface area contributed by atoms with E-state index in [-0.39, 0.29) is 5.75 Å². The van der Waals surface area contributed by atoms with Crippen molar-refractivity contribution in [3.63, 3.8) is 0 Å². The number of benzene rings is 2. The van der Waals surface area contributed by atoms with Crippen LogP contribution in [0.25, 0.3) is 0 Å². The molecule has 1 fully saturated rings. The molecular formula is C22H24F4N2O3. The minimum absolute atomic E-state index is 0.122. The first-order chi connectivity index (χ1) is 14.5. The predicted molar refractivity (Wildman–Crippen MR) is 108 cm³/mol. The topological polar surface area (TPSA) is 53.0 Å². The van der Waals surface area contributed by atoms with Crippen molar-refractivity contribution in [1.29, 1.82) is 0 Å². The molecule has 1 aliphatic heterocycles. The number of alkyl halides is 3. The van der Waals surface area contributed by atoms with Crippen LogP contribution in [0.2, 0.25) is 0 Å². The van der Waals surface area contributed by atoms with Crippen LogP contribution in [0, 0.1) is 5.82 Å². The standard InChI is InChI=1S/C22H24F4N2O3/c1-21(2,20(29)30)31-19-8-3-15(13-18(19)23)14-27-9-11-28(12-10-27)17-6-4-16(5-7-17)22(24,25)26/h3-8,13H,9-12,14H2,1-2H3,(H,29,30). The Bertz CT molecular complexity index is 921. The largest absolute Gasteiger partial charge is 0.478 e. The van der Waals surface area contributed by atoms with Crippen molar-refractivity contribution >= 4 is 11.7 Å². The van der Waals surface area contributed by atoms with Crippen LogP contribution in [0.3, 0.4) is 0 Å². The molecule has 31 heavy (non-hydrogen) atoms. The second kappa shape index (κ2) is 8.74. The van der Waals surface area contributed by atoms with E-state index in [1.165, 1.54) is 38.1 Å². The number of carboxylic acid groups (broad SMARTS) is 1. The molecular weight excluding hydrogens is 416 g/mol. The second-order valence-corrected chi connectivity index (χ2v) is 7.99. The van der Waals surface area contributed by atoms with Crippen LogP contribution in [0.5, 0.6) is 5.75 Å². The molecule has 0 spiro atoms. The number of carboxylic acids is 1. The fourth-order valence-electron chi connectivity index (χ4n) is 3.33. The Morgan fingerprint density at radius 2 is 1.65 bits per heavy atom. The normalized spacial score (nSPS) is 15.7. The summed E-state index contributed by atoms with van der Waals surface area (Å²) in [6.45, 7) is 5.82. The van der Waals surface area contributed by atoms with Crippen molar-refractivity contribution in [2.75, 3.05) is 31.1 Å². The van der Waals surface area contributed by atoms with E-state index in [0.717, 1.165) is 23.4 Å². The van der Waals surface area contributed by atoms with E-state index in [1.807, 2.05) is 4.90 Å². The van der Waals surface area contributed by atoms with E-state index in [1.54, 1.807) is 6.07 Å². The average molecular weight is 440 g/mol. The Kier molecular flexibility index (Phi) is 6.45. The lowest BCUT2D eigenvalue weighted by Crippen LogP contribution is -2.46. The van der Waals surface area contributed by atoms with Crippen LogP contribution < -0.4 is 9.64 Å². The first-order valence-electron chi connectivity index (χ1n) is 9.81. The van der Waals surface area contributed by atoms with Crippen molar-refractivity contribution in [2.24, 2.45) is 0 Å². The van der Waals surface area contributed by atoms with E-state index in [9.17, 15) is 22.4 Å². The van der Waals surface area contributed by atoms with Gasteiger partial charge >= 0.3 is 12.1 Å². The molecule has 0 aliphatic carbocycles. The van der Waals surface area contributed by atoms with Gasteiger partial charge in [0.1, 0.15) is 0 Å². The van der Waals surface area contributed by atoms with Crippen LogP contribution in [0.1, 0.15) is 25.0 Å². The average Bonchev–Trinajstić information content (AvgIpc) is 2.70. The Morgan fingerprint density at radius 1 is 1.03 bits per heavy atom. The van der Waals surface area contributed by atoms with Gasteiger partial charge in [0.2, 0.25) is 0 Å². The molecule has 0 atom stereocenters. The third-order valence-electron chi connectivity index (χ3n) is 5.21. The fourth-order valence-corrected chi connectivity index (χ4v) is 3.33. The van der Waals surface area contributed by atoms with Crippen molar-refractivity contribution in [1.82, 2.24) is 4.90 Å². The first-order valence-corrected chi connectivity index (χ1v) is 9.81. The summed E-state index contributed by atoms with van der Waals surface area (Å²) in [5.74, 6) is -1.94. The molecule has 0 aromatic heterocycles. The van der Waals surface area contributed by atoms with E-state index in [0.29, 0.717) is 32.7 Å². The summed E-state index contributed by atoms with van der Waals surface area (Å²) in [6.07, 6.45) is -4.35. The maximum atomic E-state index is 14.4. The number of piperazine rings is 1. The highest BCUT2D eigenvalue weighted by Gasteiger charge is 2.31. The Balaban J connectivity index is 1.56. The molecule has 1 saturated heterocycles. The van der Waals surface area contributed by atoms with Gasteiger partial charge in [0.25, 0.3) is 0 Å². The molecule has 5 nitrogen and oxygen atoms in total. The predicted octanol–water partition coefficient (Wildman–Crippen LogP) is 4.41. The molecule has 3 rings (SSSR count). The zero-order valence-electron chi connectivity index (χ0n) is 17.2. The molecule has 2 aromatic carbocycles. The molecule has 168 valence electrons. The number of carbonyl (C=O) groups is 1. The summed E-state index contributed by atoms with van der Waals surface area (Å²) in [4.78, 5) is 15.3. The lowest BCUT2D eigenvalue weighted by molar-refractivity contribution is -0.152. The van der Waals surface area contributed by atoms with Gasteiger partial charge in [-0.05, 0) is 55.8 Å². The molecule has 1 N–H and O–H groups in total. The first kappa shape index (κ1) is 22.9. The molecule has 1 aliphatic rings. The molecule has 0 unspecified atom stereocenters. The molecule has 0 amide bonds. The van der Waals surface area contributed by atoms with Crippen molar-refractivity contribution in [3.8, 4) is 5.75 Å². The maximum Gasteiger partial charge on any atom is 0.416 e. The Labute approximate surface area is 177 Å². The van der Waals surface area contributed by atoms with Gasteiger partial charge in [-0.2, -0.15) is 13.2 Å². The van der Waals surface area contributed by atoms with Gasteiger partial charge < -0.3 is 14.7 Å². The minimum Gasteiger partial charge on any atom is -0.478 e. The summed E-state index contributed by atoms with van der Waals surface area (Å²) in [5, 5.41) is 9.11. The quantitative estimate of drug-likeness (QED) is 0.675. The highest BCUT2D eigenvalue weighted by Crippen LogP contribution is 2.31. The summed E-state index contributed by atoms with van der Waals surface area (Å²) in [7, 11) is 0. The number of halogens is 4. The van der Waals surface area contributed by atoms with Crippen molar-refractivity contribution in [2.45, 2.75) is 32.2 Å². The minimum atomic E-state index is -4.35. The lowest BCUT2D eigenvalue weighted by Gasteiger charge is -2.36. The molecule has 0 saturated carbocycles. The molecule has 2 aromatic rings. The number of aliphatic carboxylic acids is 1. The maximum absolute atomic E-state index is 14.4. The van der Waals surface area contributed by atoms with Crippen LogP contribution >= 0.6 is 0 Å². The van der Waals surface area contributed by atoms with Gasteiger partial charge in [0.05, 0.1) is 5.56 Å². The Morgan fingerprint density at radius 3 is 2.16 bits per heavy atom. The second-order valence-electron chi connectivity index (χ2n) is 7.99. The fraction of sp³-hybridized carbons (Fsp3) is 0.409. The highest BCUT2D eigenvalue weighted by atomic mass is 19.4. The van der Waals surface area contributed by atoms with Gasteiger partial charge in [0, 0.05) is 38.4 Å². The zero-order valence-corrected chi connectivity index (χ0v) is 17.2. The summed E-state index contributed by atoms with van der Waals surface area (Å²) >= 11 is 0. The van der Waals surface area contributed by atoms with Crippen LogP contribution in [0.4, 0.5) is 23.2 Å². The molecule has 0 bridgehead atoms. The summed E-state index contributed by atoms with van der Waals surface area (Å²) in [5.41, 5.74) is -0.755. The van der Waals surface area contributed by atoms with Crippen molar-refractivity contribution < 1.29 is 32.2 Å². The SMILES string of the molecule is CC(C)(Oc1ccc(CN2CCN(c3ccc(C(F)(F)F)cc3)CC2)cc1F)C(=O)O. The monoisotopic (exact) mass is 440 g/mol. The van der Waals surface area contributed by atoms with Crippen LogP contribution in [-0.4, -0.2) is 47.8 Å².